The van der Waals surface area contributed by atoms with Crippen LogP contribution >= 0.6 is 0 Å². The molecule has 0 fully saturated rings. The average molecular weight is 296 g/mol. The van der Waals surface area contributed by atoms with Gasteiger partial charge in [-0.15, -0.1) is 0 Å². The van der Waals surface area contributed by atoms with E-state index in [2.05, 4.69) is 15.3 Å². The second kappa shape index (κ2) is 5.85. The molecule has 0 radical (unpaired) electrons. The molecule has 0 spiro atoms. The number of carbonyl (C=O) groups is 1. The quantitative estimate of drug-likeness (QED) is 0.802. The van der Waals surface area contributed by atoms with Gasteiger partial charge >= 0.3 is 0 Å². The number of para-hydroxylation sites is 1. The number of pyridine rings is 1. The largest absolute Gasteiger partial charge is 0.481 e. The molecule has 0 aliphatic heterocycles. The number of amides is 1. The van der Waals surface area contributed by atoms with E-state index in [1.807, 2.05) is 42.5 Å². The van der Waals surface area contributed by atoms with Crippen LogP contribution in [-0.4, -0.2) is 26.5 Å². The Balaban J connectivity index is 1.74. The van der Waals surface area contributed by atoms with Crippen LogP contribution < -0.4 is 10.1 Å². The van der Waals surface area contributed by atoms with E-state index in [-0.39, 0.29) is 5.91 Å². The van der Waals surface area contributed by atoms with Crippen LogP contribution in [0.15, 0.2) is 48.7 Å². The summed E-state index contributed by atoms with van der Waals surface area (Å²) < 4.78 is 7.34. The molecule has 6 nitrogen and oxygen atoms in total. The summed E-state index contributed by atoms with van der Waals surface area (Å²) in [6, 6.07) is 12.9. The number of aromatic nitrogens is 3. The van der Waals surface area contributed by atoms with Crippen molar-refractivity contribution < 1.29 is 9.53 Å². The predicted molar refractivity (Wildman–Crippen MR) is 83.7 cm³/mol. The highest BCUT2D eigenvalue weighted by Crippen LogP contribution is 2.16. The van der Waals surface area contributed by atoms with Crippen LogP contribution in [0, 0.1) is 0 Å². The minimum absolute atomic E-state index is 0.262. The van der Waals surface area contributed by atoms with Gasteiger partial charge in [0.1, 0.15) is 11.3 Å². The van der Waals surface area contributed by atoms with Crippen molar-refractivity contribution in [3.8, 4) is 5.75 Å². The van der Waals surface area contributed by atoms with Gasteiger partial charge < -0.3 is 4.74 Å². The Labute approximate surface area is 127 Å². The molecule has 0 aliphatic carbocycles. The second-order valence-corrected chi connectivity index (χ2v) is 4.90. The van der Waals surface area contributed by atoms with E-state index in [0.29, 0.717) is 11.7 Å². The second-order valence-electron chi connectivity index (χ2n) is 4.90. The van der Waals surface area contributed by atoms with Gasteiger partial charge in [-0.25, -0.2) is 9.97 Å². The van der Waals surface area contributed by atoms with E-state index in [4.69, 9.17) is 4.74 Å². The fraction of sp³-hybridized carbons (Fsp3) is 0.188. The molecule has 6 heteroatoms. The summed E-state index contributed by atoms with van der Waals surface area (Å²) in [6.45, 7) is 1.70. The van der Waals surface area contributed by atoms with Crippen molar-refractivity contribution in [2.75, 3.05) is 5.32 Å². The van der Waals surface area contributed by atoms with Gasteiger partial charge in [-0.1, -0.05) is 18.2 Å². The number of nitrogens with one attached hydrogen (secondary N) is 1. The molecule has 0 saturated heterocycles. The smallest absolute Gasteiger partial charge is 0.267 e. The summed E-state index contributed by atoms with van der Waals surface area (Å²) in [5.74, 6) is 0.835. The Bertz CT molecular complexity index is 798. The van der Waals surface area contributed by atoms with E-state index in [1.54, 1.807) is 24.7 Å². The van der Waals surface area contributed by atoms with Crippen LogP contribution in [-0.2, 0) is 11.8 Å². The number of carbonyl (C=O) groups excluding carboxylic acids is 1. The first kappa shape index (κ1) is 14.1. The zero-order valence-electron chi connectivity index (χ0n) is 12.4. The fourth-order valence-electron chi connectivity index (χ4n) is 2.10. The zero-order valence-corrected chi connectivity index (χ0v) is 12.4. The Kier molecular flexibility index (Phi) is 3.74. The topological polar surface area (TPSA) is 69.0 Å². The molecule has 1 amide bonds. The molecule has 0 bridgehead atoms. The number of nitrogens with zero attached hydrogens (tertiary/aromatic N) is 3. The number of benzene rings is 1. The van der Waals surface area contributed by atoms with Crippen molar-refractivity contribution in [2.24, 2.45) is 7.05 Å². The first-order chi connectivity index (χ1) is 10.6. The highest BCUT2D eigenvalue weighted by Gasteiger charge is 2.18. The Morgan fingerprint density at radius 1 is 1.23 bits per heavy atom. The maximum absolute atomic E-state index is 12.2. The monoisotopic (exact) mass is 296 g/mol. The van der Waals surface area contributed by atoms with Gasteiger partial charge in [0, 0.05) is 13.2 Å². The van der Waals surface area contributed by atoms with E-state index >= 15 is 0 Å². The van der Waals surface area contributed by atoms with Crippen molar-refractivity contribution in [2.45, 2.75) is 13.0 Å². The van der Waals surface area contributed by atoms with Gasteiger partial charge in [0.25, 0.3) is 5.91 Å². The van der Waals surface area contributed by atoms with Crippen molar-refractivity contribution in [1.29, 1.82) is 0 Å². The third-order valence-corrected chi connectivity index (χ3v) is 3.29. The van der Waals surface area contributed by atoms with Crippen molar-refractivity contribution in [1.82, 2.24) is 14.5 Å². The lowest BCUT2D eigenvalue weighted by Gasteiger charge is -2.14. The van der Waals surface area contributed by atoms with Crippen LogP contribution in [0.1, 0.15) is 6.92 Å². The molecule has 1 N–H and O–H groups in total. The lowest BCUT2D eigenvalue weighted by Crippen LogP contribution is -2.31. The summed E-state index contributed by atoms with van der Waals surface area (Å²) in [4.78, 5) is 20.8. The number of anilines is 1. The summed E-state index contributed by atoms with van der Waals surface area (Å²) in [5.41, 5.74) is 1.45. The lowest BCUT2D eigenvalue weighted by molar-refractivity contribution is -0.122. The summed E-state index contributed by atoms with van der Waals surface area (Å²) in [5, 5.41) is 2.77. The Morgan fingerprint density at radius 3 is 2.73 bits per heavy atom. The Morgan fingerprint density at radius 2 is 2.00 bits per heavy atom. The van der Waals surface area contributed by atoms with Crippen molar-refractivity contribution >= 4 is 23.0 Å². The number of fused-ring (bicyclic) bond motifs is 1. The van der Waals surface area contributed by atoms with Crippen molar-refractivity contribution in [3.63, 3.8) is 0 Å². The normalized spacial score (nSPS) is 12.1. The van der Waals surface area contributed by atoms with Crippen LogP contribution in [0.2, 0.25) is 0 Å². The van der Waals surface area contributed by atoms with Gasteiger partial charge in [0.2, 0.25) is 5.95 Å². The molecule has 22 heavy (non-hydrogen) atoms. The molecule has 3 rings (SSSR count). The average Bonchev–Trinajstić information content (AvgIpc) is 2.85. The number of hydrogen-bond acceptors (Lipinski definition) is 4. The third kappa shape index (κ3) is 2.76. The highest BCUT2D eigenvalue weighted by molar-refractivity contribution is 5.94. The Hall–Kier alpha value is -2.89. The fourth-order valence-corrected chi connectivity index (χ4v) is 2.10. The standard InChI is InChI=1S/C16H16N4O2/c1-11(22-12-7-4-3-5-8-12)15(21)19-16-18-13-9-6-10-17-14(13)20(16)2/h3-11H,1-2H3,(H,18,19,21)/t11-/m1/s1. The number of hydrogen-bond donors (Lipinski definition) is 1. The molecule has 3 aromatic rings. The van der Waals surface area contributed by atoms with Crippen LogP contribution in [0.3, 0.4) is 0 Å². The van der Waals surface area contributed by atoms with Crippen LogP contribution in [0.4, 0.5) is 5.95 Å². The first-order valence-corrected chi connectivity index (χ1v) is 6.95. The van der Waals surface area contributed by atoms with Gasteiger partial charge in [0.15, 0.2) is 11.8 Å². The molecule has 2 heterocycles. The minimum atomic E-state index is -0.629. The molecular formula is C16H16N4O2. The van der Waals surface area contributed by atoms with Gasteiger partial charge in [-0.2, -0.15) is 0 Å². The molecule has 0 aliphatic rings. The molecule has 0 unspecified atom stereocenters. The van der Waals surface area contributed by atoms with Crippen LogP contribution in [0.25, 0.3) is 11.2 Å². The van der Waals surface area contributed by atoms with Gasteiger partial charge in [-0.05, 0) is 31.2 Å². The molecule has 2 aromatic heterocycles. The van der Waals surface area contributed by atoms with E-state index in [1.165, 1.54) is 0 Å². The maximum atomic E-state index is 12.2. The van der Waals surface area contributed by atoms with Gasteiger partial charge in [0.05, 0.1) is 0 Å². The number of rotatable bonds is 4. The first-order valence-electron chi connectivity index (χ1n) is 6.95. The van der Waals surface area contributed by atoms with E-state index < -0.39 is 6.10 Å². The summed E-state index contributed by atoms with van der Waals surface area (Å²) in [6.07, 6.45) is 1.06. The summed E-state index contributed by atoms with van der Waals surface area (Å²) in [7, 11) is 1.81. The molecule has 0 saturated carbocycles. The number of aryl methyl sites for hydroxylation is 1. The summed E-state index contributed by atoms with van der Waals surface area (Å²) >= 11 is 0. The molecule has 1 aromatic carbocycles. The number of imidazole rings is 1. The van der Waals surface area contributed by atoms with E-state index in [9.17, 15) is 4.79 Å². The SMILES string of the molecule is C[C@@H](Oc1ccccc1)C(=O)Nc1nc2cccnc2n1C. The van der Waals surface area contributed by atoms with Gasteiger partial charge in [-0.3, -0.25) is 14.7 Å². The third-order valence-electron chi connectivity index (χ3n) is 3.29. The minimum Gasteiger partial charge on any atom is -0.481 e. The molecule has 112 valence electrons. The van der Waals surface area contributed by atoms with E-state index in [0.717, 1.165) is 11.2 Å². The molecule has 1 atom stereocenters. The molecular weight excluding hydrogens is 280 g/mol. The predicted octanol–water partition coefficient (Wildman–Crippen LogP) is 2.37. The zero-order chi connectivity index (χ0) is 15.5. The maximum Gasteiger partial charge on any atom is 0.267 e. The lowest BCUT2D eigenvalue weighted by atomic mass is 10.3. The van der Waals surface area contributed by atoms with Crippen molar-refractivity contribution in [3.05, 3.63) is 48.7 Å². The number of ether oxygens (including phenoxy) is 1. The highest BCUT2D eigenvalue weighted by atomic mass is 16.5. The van der Waals surface area contributed by atoms with Crippen LogP contribution in [0.5, 0.6) is 5.75 Å².